The van der Waals surface area contributed by atoms with Crippen LogP contribution in [-0.2, 0) is 17.8 Å². The average molecular weight is 267 g/mol. The molecule has 4 heteroatoms. The topological polar surface area (TPSA) is 35.0 Å². The van der Waals surface area contributed by atoms with Gasteiger partial charge < -0.3 is 4.74 Å². The molecule has 1 aromatic rings. The van der Waals surface area contributed by atoms with Crippen LogP contribution in [0.25, 0.3) is 0 Å². The maximum atomic E-state index is 6.26. The summed E-state index contributed by atoms with van der Waals surface area (Å²) in [4.78, 5) is 9.26. The second kappa shape index (κ2) is 5.14. The van der Waals surface area contributed by atoms with E-state index in [-0.39, 0.29) is 0 Å². The Morgan fingerprint density at radius 3 is 3.00 bits per heavy atom. The van der Waals surface area contributed by atoms with E-state index in [2.05, 4.69) is 11.9 Å². The normalized spacial score (nSPS) is 27.2. The van der Waals surface area contributed by atoms with Crippen molar-refractivity contribution in [2.24, 2.45) is 5.92 Å². The van der Waals surface area contributed by atoms with E-state index in [1.54, 1.807) is 0 Å². The lowest BCUT2D eigenvalue weighted by Crippen LogP contribution is -2.16. The van der Waals surface area contributed by atoms with Crippen molar-refractivity contribution in [1.82, 2.24) is 9.97 Å². The number of hydrogen-bond acceptors (Lipinski definition) is 3. The summed E-state index contributed by atoms with van der Waals surface area (Å²) in [7, 11) is 0. The third kappa shape index (κ3) is 2.26. The van der Waals surface area contributed by atoms with Gasteiger partial charge in [0.15, 0.2) is 0 Å². The van der Waals surface area contributed by atoms with Crippen LogP contribution in [0.5, 0.6) is 0 Å². The van der Waals surface area contributed by atoms with Gasteiger partial charge in [0, 0.05) is 17.9 Å². The fraction of sp³-hybridized carbons (Fsp3) is 0.714. The molecule has 0 amide bonds. The third-order valence-corrected chi connectivity index (χ3v) is 4.59. The zero-order valence-corrected chi connectivity index (χ0v) is 11.5. The molecule has 2 aliphatic rings. The van der Waals surface area contributed by atoms with Gasteiger partial charge in [-0.15, -0.1) is 0 Å². The van der Waals surface area contributed by atoms with Crippen molar-refractivity contribution in [3.05, 3.63) is 22.2 Å². The summed E-state index contributed by atoms with van der Waals surface area (Å²) in [5.41, 5.74) is 2.10. The van der Waals surface area contributed by atoms with Gasteiger partial charge in [-0.25, -0.2) is 9.97 Å². The Morgan fingerprint density at radius 1 is 1.33 bits per heavy atom. The van der Waals surface area contributed by atoms with Crippen LogP contribution in [0.2, 0.25) is 5.15 Å². The van der Waals surface area contributed by atoms with Gasteiger partial charge in [-0.1, -0.05) is 24.9 Å². The minimum atomic E-state index is 0.514. The van der Waals surface area contributed by atoms with Crippen LogP contribution >= 0.6 is 11.6 Å². The molecule has 98 valence electrons. The molecule has 1 aliphatic heterocycles. The van der Waals surface area contributed by atoms with Crippen molar-refractivity contribution < 1.29 is 4.74 Å². The predicted octanol–water partition coefficient (Wildman–Crippen LogP) is 3.50. The Balaban J connectivity index is 1.87. The molecule has 1 aromatic heterocycles. The SMILES string of the molecule is CCC1CCC(c2nc(Cl)c3c(n2)CCOC3)C1. The molecule has 2 heterocycles. The fourth-order valence-electron chi connectivity index (χ4n) is 3.07. The van der Waals surface area contributed by atoms with Crippen LogP contribution in [-0.4, -0.2) is 16.6 Å². The Labute approximate surface area is 113 Å². The van der Waals surface area contributed by atoms with Gasteiger partial charge in [-0.2, -0.15) is 0 Å². The Hall–Kier alpha value is -0.670. The number of halogens is 1. The maximum Gasteiger partial charge on any atom is 0.138 e. The van der Waals surface area contributed by atoms with E-state index in [0.29, 0.717) is 17.7 Å². The highest BCUT2D eigenvalue weighted by Gasteiger charge is 2.28. The lowest BCUT2D eigenvalue weighted by molar-refractivity contribution is 0.108. The summed E-state index contributed by atoms with van der Waals surface area (Å²) >= 11 is 6.26. The van der Waals surface area contributed by atoms with Gasteiger partial charge >= 0.3 is 0 Å². The summed E-state index contributed by atoms with van der Waals surface area (Å²) in [6.07, 6.45) is 5.88. The molecule has 0 saturated heterocycles. The van der Waals surface area contributed by atoms with Crippen LogP contribution in [0, 0.1) is 5.92 Å². The molecule has 3 rings (SSSR count). The number of nitrogens with zero attached hydrogens (tertiary/aromatic N) is 2. The Kier molecular flexibility index (Phi) is 3.53. The van der Waals surface area contributed by atoms with E-state index < -0.39 is 0 Å². The van der Waals surface area contributed by atoms with E-state index >= 15 is 0 Å². The Morgan fingerprint density at radius 2 is 2.22 bits per heavy atom. The molecule has 1 saturated carbocycles. The van der Waals surface area contributed by atoms with Crippen LogP contribution in [0.1, 0.15) is 55.6 Å². The first-order valence-electron chi connectivity index (χ1n) is 6.90. The van der Waals surface area contributed by atoms with Crippen molar-refractivity contribution in [2.75, 3.05) is 6.61 Å². The molecule has 18 heavy (non-hydrogen) atoms. The van der Waals surface area contributed by atoms with Crippen molar-refractivity contribution in [3.8, 4) is 0 Å². The molecule has 0 spiro atoms. The summed E-state index contributed by atoms with van der Waals surface area (Å²) in [5, 5.41) is 0.606. The van der Waals surface area contributed by atoms with Crippen molar-refractivity contribution in [1.29, 1.82) is 0 Å². The van der Waals surface area contributed by atoms with Gasteiger partial charge in [0.05, 0.1) is 18.9 Å². The zero-order chi connectivity index (χ0) is 12.5. The highest BCUT2D eigenvalue weighted by molar-refractivity contribution is 6.30. The number of ether oxygens (including phenoxy) is 1. The second-order valence-electron chi connectivity index (χ2n) is 5.38. The minimum Gasteiger partial charge on any atom is -0.376 e. The number of rotatable bonds is 2. The van der Waals surface area contributed by atoms with E-state index in [0.717, 1.165) is 36.0 Å². The average Bonchev–Trinajstić information content (AvgIpc) is 2.87. The van der Waals surface area contributed by atoms with Crippen molar-refractivity contribution in [2.45, 2.75) is 51.6 Å². The van der Waals surface area contributed by atoms with Crippen LogP contribution in [0.4, 0.5) is 0 Å². The number of fused-ring (bicyclic) bond motifs is 1. The molecule has 0 N–H and O–H groups in total. The van der Waals surface area contributed by atoms with Crippen molar-refractivity contribution in [3.63, 3.8) is 0 Å². The Bertz CT molecular complexity index is 450. The standard InChI is InChI=1S/C14H19ClN2O/c1-2-9-3-4-10(7-9)14-16-12-5-6-18-8-11(12)13(15)17-14/h9-10H,2-8H2,1H3. The lowest BCUT2D eigenvalue weighted by Gasteiger charge is -2.19. The highest BCUT2D eigenvalue weighted by atomic mass is 35.5. The molecule has 2 atom stereocenters. The van der Waals surface area contributed by atoms with Crippen LogP contribution in [0.15, 0.2) is 0 Å². The molecule has 1 aliphatic carbocycles. The number of hydrogen-bond donors (Lipinski definition) is 0. The first-order chi connectivity index (χ1) is 8.78. The summed E-state index contributed by atoms with van der Waals surface area (Å²) in [6, 6.07) is 0. The fourth-order valence-corrected chi connectivity index (χ4v) is 3.32. The van der Waals surface area contributed by atoms with E-state index in [9.17, 15) is 0 Å². The molecule has 0 radical (unpaired) electrons. The lowest BCUT2D eigenvalue weighted by atomic mass is 10.0. The monoisotopic (exact) mass is 266 g/mol. The first kappa shape index (κ1) is 12.4. The smallest absolute Gasteiger partial charge is 0.138 e. The molecule has 0 bridgehead atoms. The molecule has 3 nitrogen and oxygen atoms in total. The van der Waals surface area contributed by atoms with Crippen LogP contribution in [0.3, 0.4) is 0 Å². The summed E-state index contributed by atoms with van der Waals surface area (Å²) in [6.45, 7) is 3.59. The molecule has 1 fully saturated rings. The predicted molar refractivity (Wildman–Crippen MR) is 70.8 cm³/mol. The zero-order valence-electron chi connectivity index (χ0n) is 10.8. The summed E-state index contributed by atoms with van der Waals surface area (Å²) in [5.74, 6) is 2.33. The van der Waals surface area contributed by atoms with Gasteiger partial charge in [0.25, 0.3) is 0 Å². The maximum absolute atomic E-state index is 6.26. The first-order valence-corrected chi connectivity index (χ1v) is 7.28. The van der Waals surface area contributed by atoms with Crippen molar-refractivity contribution >= 4 is 11.6 Å². The molecular weight excluding hydrogens is 248 g/mol. The van der Waals surface area contributed by atoms with Crippen LogP contribution < -0.4 is 0 Å². The quantitative estimate of drug-likeness (QED) is 0.769. The molecule has 2 unspecified atom stereocenters. The third-order valence-electron chi connectivity index (χ3n) is 4.27. The number of aromatic nitrogens is 2. The van der Waals surface area contributed by atoms with Gasteiger partial charge in [0.2, 0.25) is 0 Å². The van der Waals surface area contributed by atoms with Gasteiger partial charge in [-0.05, 0) is 25.2 Å². The van der Waals surface area contributed by atoms with E-state index in [1.807, 2.05) is 0 Å². The molecular formula is C14H19ClN2O. The minimum absolute atomic E-state index is 0.514. The van der Waals surface area contributed by atoms with E-state index in [1.165, 1.54) is 25.7 Å². The van der Waals surface area contributed by atoms with Gasteiger partial charge in [0.1, 0.15) is 11.0 Å². The van der Waals surface area contributed by atoms with E-state index in [4.69, 9.17) is 21.3 Å². The second-order valence-corrected chi connectivity index (χ2v) is 5.74. The molecule has 0 aromatic carbocycles. The largest absolute Gasteiger partial charge is 0.376 e. The highest BCUT2D eigenvalue weighted by Crippen LogP contribution is 2.39. The van der Waals surface area contributed by atoms with Gasteiger partial charge in [-0.3, -0.25) is 0 Å². The summed E-state index contributed by atoms with van der Waals surface area (Å²) < 4.78 is 5.41.